The van der Waals surface area contributed by atoms with Crippen molar-refractivity contribution in [1.82, 2.24) is 19.6 Å². The van der Waals surface area contributed by atoms with E-state index in [4.69, 9.17) is 9.47 Å². The molecule has 28 heavy (non-hydrogen) atoms. The van der Waals surface area contributed by atoms with Crippen LogP contribution in [-0.2, 0) is 24.0 Å². The highest BCUT2D eigenvalue weighted by molar-refractivity contribution is 5.76. The van der Waals surface area contributed by atoms with E-state index >= 15 is 0 Å². The standard InChI is InChI=1S/C21H21FN4O2/c1-13-10-14(6-8-27-13)17-11-23-20(26-12-24-25-21(17)26)5-2-15-16-7-9-28-19(16)4-3-18(15)22/h3-4,10-13H,2,5-9H2,1H3. The normalized spacial score (nSPS) is 18.8. The van der Waals surface area contributed by atoms with Gasteiger partial charge in [0.15, 0.2) is 5.65 Å². The Morgan fingerprint density at radius 2 is 2.14 bits per heavy atom. The van der Waals surface area contributed by atoms with Crippen molar-refractivity contribution in [2.45, 2.75) is 38.7 Å². The van der Waals surface area contributed by atoms with Crippen LogP contribution in [0.5, 0.6) is 5.75 Å². The number of aryl methyl sites for hydroxylation is 1. The summed E-state index contributed by atoms with van der Waals surface area (Å²) in [6.07, 6.45) is 8.47. The van der Waals surface area contributed by atoms with Crippen LogP contribution in [0.2, 0.25) is 0 Å². The molecule has 0 saturated carbocycles. The van der Waals surface area contributed by atoms with E-state index in [1.807, 2.05) is 17.5 Å². The zero-order chi connectivity index (χ0) is 19.1. The van der Waals surface area contributed by atoms with Crippen molar-refractivity contribution in [2.75, 3.05) is 13.2 Å². The number of aromatic nitrogens is 4. The van der Waals surface area contributed by atoms with E-state index in [0.29, 0.717) is 26.1 Å². The van der Waals surface area contributed by atoms with E-state index in [2.05, 4.69) is 21.3 Å². The number of hydrogen-bond donors (Lipinski definition) is 0. The van der Waals surface area contributed by atoms with Gasteiger partial charge >= 0.3 is 0 Å². The summed E-state index contributed by atoms with van der Waals surface area (Å²) in [7, 11) is 0. The fourth-order valence-corrected chi connectivity index (χ4v) is 4.09. The number of nitrogens with zero attached hydrogens (tertiary/aromatic N) is 4. The van der Waals surface area contributed by atoms with Crippen molar-refractivity contribution in [3.05, 3.63) is 59.1 Å². The molecule has 0 bridgehead atoms. The van der Waals surface area contributed by atoms with Gasteiger partial charge in [-0.15, -0.1) is 10.2 Å². The van der Waals surface area contributed by atoms with Gasteiger partial charge in [-0.1, -0.05) is 6.08 Å². The van der Waals surface area contributed by atoms with Gasteiger partial charge in [-0.3, -0.25) is 4.40 Å². The molecule has 0 aliphatic carbocycles. The molecule has 2 aliphatic rings. The second-order valence-corrected chi connectivity index (χ2v) is 7.23. The number of hydrogen-bond acceptors (Lipinski definition) is 5. The van der Waals surface area contributed by atoms with E-state index < -0.39 is 0 Å². The quantitative estimate of drug-likeness (QED) is 0.696. The SMILES string of the molecule is CC1C=C(c2cnc(CCc3c(F)ccc4c3CCO4)n3cnnc23)CCO1. The molecule has 0 amide bonds. The Bertz CT molecular complexity index is 1080. The molecular weight excluding hydrogens is 359 g/mol. The van der Waals surface area contributed by atoms with Crippen LogP contribution in [-0.4, -0.2) is 38.9 Å². The van der Waals surface area contributed by atoms with E-state index in [-0.39, 0.29) is 11.9 Å². The summed E-state index contributed by atoms with van der Waals surface area (Å²) in [5, 5.41) is 8.39. The Kier molecular flexibility index (Phi) is 4.31. The van der Waals surface area contributed by atoms with Crippen LogP contribution in [0.3, 0.4) is 0 Å². The molecule has 0 radical (unpaired) electrons. The maximum Gasteiger partial charge on any atom is 0.171 e. The fraction of sp³-hybridized carbons (Fsp3) is 0.381. The van der Waals surface area contributed by atoms with Crippen molar-refractivity contribution >= 4 is 11.2 Å². The van der Waals surface area contributed by atoms with Gasteiger partial charge in [-0.05, 0) is 43.0 Å². The first-order valence-electron chi connectivity index (χ1n) is 9.64. The largest absolute Gasteiger partial charge is 0.493 e. The molecule has 1 unspecified atom stereocenters. The van der Waals surface area contributed by atoms with Crippen molar-refractivity contribution in [3.63, 3.8) is 0 Å². The minimum atomic E-state index is -0.179. The highest BCUT2D eigenvalue weighted by Gasteiger charge is 2.21. The van der Waals surface area contributed by atoms with Crippen molar-refractivity contribution in [1.29, 1.82) is 0 Å². The highest BCUT2D eigenvalue weighted by Crippen LogP contribution is 2.31. The summed E-state index contributed by atoms with van der Waals surface area (Å²) in [5.41, 5.74) is 4.66. The van der Waals surface area contributed by atoms with Crippen molar-refractivity contribution in [2.24, 2.45) is 0 Å². The van der Waals surface area contributed by atoms with E-state index in [0.717, 1.165) is 46.8 Å². The molecule has 2 aromatic heterocycles. The van der Waals surface area contributed by atoms with Gasteiger partial charge in [0.2, 0.25) is 0 Å². The third-order valence-corrected chi connectivity index (χ3v) is 5.48. The average molecular weight is 380 g/mol. The van der Waals surface area contributed by atoms with Crippen LogP contribution in [0.15, 0.2) is 30.7 Å². The minimum absolute atomic E-state index is 0.0803. The van der Waals surface area contributed by atoms with Gasteiger partial charge in [0.1, 0.15) is 23.7 Å². The Balaban J connectivity index is 1.46. The van der Waals surface area contributed by atoms with E-state index in [1.54, 1.807) is 12.4 Å². The maximum atomic E-state index is 14.4. The van der Waals surface area contributed by atoms with Gasteiger partial charge in [0, 0.05) is 30.2 Å². The predicted molar refractivity (Wildman–Crippen MR) is 102 cm³/mol. The Hall–Kier alpha value is -2.80. The van der Waals surface area contributed by atoms with Crippen LogP contribution in [0.25, 0.3) is 11.2 Å². The lowest BCUT2D eigenvalue weighted by molar-refractivity contribution is 0.0951. The third-order valence-electron chi connectivity index (χ3n) is 5.48. The van der Waals surface area contributed by atoms with E-state index in [1.165, 1.54) is 11.6 Å². The molecule has 4 heterocycles. The topological polar surface area (TPSA) is 61.5 Å². The van der Waals surface area contributed by atoms with Gasteiger partial charge in [-0.25, -0.2) is 9.37 Å². The Morgan fingerprint density at radius 3 is 3.04 bits per heavy atom. The fourth-order valence-electron chi connectivity index (χ4n) is 4.09. The smallest absolute Gasteiger partial charge is 0.171 e. The Morgan fingerprint density at radius 1 is 1.21 bits per heavy atom. The molecule has 0 fully saturated rings. The molecule has 0 saturated heterocycles. The molecular formula is C21H21FN4O2. The van der Waals surface area contributed by atoms with Gasteiger partial charge in [0.05, 0.1) is 19.3 Å². The van der Waals surface area contributed by atoms with Crippen LogP contribution in [0, 0.1) is 5.82 Å². The summed E-state index contributed by atoms with van der Waals surface area (Å²) in [4.78, 5) is 4.67. The molecule has 7 heteroatoms. The predicted octanol–water partition coefficient (Wildman–Crippen LogP) is 3.18. The highest BCUT2D eigenvalue weighted by atomic mass is 19.1. The molecule has 0 spiro atoms. The van der Waals surface area contributed by atoms with Crippen LogP contribution < -0.4 is 4.74 Å². The van der Waals surface area contributed by atoms with Gasteiger partial charge in [0.25, 0.3) is 0 Å². The second-order valence-electron chi connectivity index (χ2n) is 7.23. The molecule has 5 rings (SSSR count). The average Bonchev–Trinajstić information content (AvgIpc) is 3.36. The summed E-state index contributed by atoms with van der Waals surface area (Å²) in [6.45, 7) is 3.33. The first kappa shape index (κ1) is 17.3. The van der Waals surface area contributed by atoms with Crippen LogP contribution >= 0.6 is 0 Å². The molecule has 6 nitrogen and oxygen atoms in total. The lowest BCUT2D eigenvalue weighted by Gasteiger charge is -2.19. The molecule has 0 N–H and O–H groups in total. The summed E-state index contributed by atoms with van der Waals surface area (Å²) < 4.78 is 27.5. The van der Waals surface area contributed by atoms with Crippen molar-refractivity contribution in [3.8, 4) is 5.75 Å². The molecule has 2 aliphatic heterocycles. The summed E-state index contributed by atoms with van der Waals surface area (Å²) >= 11 is 0. The number of ether oxygens (including phenoxy) is 2. The third kappa shape index (κ3) is 2.96. The zero-order valence-electron chi connectivity index (χ0n) is 15.7. The first-order valence-corrected chi connectivity index (χ1v) is 9.64. The lowest BCUT2D eigenvalue weighted by Crippen LogP contribution is -2.14. The number of rotatable bonds is 4. The van der Waals surface area contributed by atoms with E-state index in [9.17, 15) is 4.39 Å². The molecule has 3 aromatic rings. The molecule has 1 aromatic carbocycles. The monoisotopic (exact) mass is 380 g/mol. The van der Waals surface area contributed by atoms with Crippen LogP contribution in [0.1, 0.15) is 35.9 Å². The van der Waals surface area contributed by atoms with Crippen LogP contribution in [0.4, 0.5) is 4.39 Å². The lowest BCUT2D eigenvalue weighted by atomic mass is 9.99. The second kappa shape index (κ2) is 6.98. The number of halogens is 1. The maximum absolute atomic E-state index is 14.4. The molecule has 144 valence electrons. The number of benzene rings is 1. The summed E-state index contributed by atoms with van der Waals surface area (Å²) in [5.74, 6) is 1.44. The first-order chi connectivity index (χ1) is 13.7. The van der Waals surface area contributed by atoms with Gasteiger partial charge in [-0.2, -0.15) is 0 Å². The van der Waals surface area contributed by atoms with Gasteiger partial charge < -0.3 is 9.47 Å². The Labute approximate surface area is 162 Å². The molecule has 1 atom stereocenters. The van der Waals surface area contributed by atoms with Crippen molar-refractivity contribution < 1.29 is 13.9 Å². The zero-order valence-corrected chi connectivity index (χ0v) is 15.7. The number of fused-ring (bicyclic) bond motifs is 2. The minimum Gasteiger partial charge on any atom is -0.493 e. The summed E-state index contributed by atoms with van der Waals surface area (Å²) in [6, 6.07) is 3.21.